The third kappa shape index (κ3) is 5.92. The van der Waals surface area contributed by atoms with Crippen LogP contribution >= 0.6 is 11.8 Å². The molecule has 7 heteroatoms. The van der Waals surface area contributed by atoms with E-state index in [0.29, 0.717) is 6.61 Å². The molecule has 0 bridgehead atoms. The van der Waals surface area contributed by atoms with Crippen LogP contribution in [0.5, 0.6) is 5.75 Å². The van der Waals surface area contributed by atoms with Crippen molar-refractivity contribution in [2.24, 2.45) is 0 Å². The maximum atomic E-state index is 11.2. The molecule has 2 N–H and O–H groups in total. The van der Waals surface area contributed by atoms with E-state index in [4.69, 9.17) is 9.47 Å². The maximum absolute atomic E-state index is 11.2. The van der Waals surface area contributed by atoms with E-state index in [9.17, 15) is 9.59 Å². The van der Waals surface area contributed by atoms with Gasteiger partial charge in [-0.3, -0.25) is 10.1 Å². The molecule has 0 saturated heterocycles. The van der Waals surface area contributed by atoms with Crippen LogP contribution in [0.4, 0.5) is 16.2 Å². The minimum Gasteiger partial charge on any atom is -0.494 e. The fraction of sp³-hybridized carbons (Fsp3) is 0.300. The molecule has 2 amide bonds. The molecule has 2 aromatic carbocycles. The van der Waals surface area contributed by atoms with Gasteiger partial charge in [0.2, 0.25) is 5.91 Å². The van der Waals surface area contributed by atoms with Gasteiger partial charge in [0, 0.05) is 23.1 Å². The first-order valence-corrected chi connectivity index (χ1v) is 9.79. The Kier molecular flexibility index (Phi) is 6.59. The molecule has 0 saturated carbocycles. The third-order valence-electron chi connectivity index (χ3n) is 3.92. The van der Waals surface area contributed by atoms with E-state index in [2.05, 4.69) is 10.6 Å². The van der Waals surface area contributed by atoms with Gasteiger partial charge in [-0.05, 0) is 61.1 Å². The monoisotopic (exact) mass is 386 g/mol. The van der Waals surface area contributed by atoms with E-state index in [0.717, 1.165) is 41.3 Å². The fourth-order valence-electron chi connectivity index (χ4n) is 2.61. The number of benzene rings is 2. The van der Waals surface area contributed by atoms with Crippen molar-refractivity contribution in [2.45, 2.75) is 31.3 Å². The van der Waals surface area contributed by atoms with E-state index in [-0.39, 0.29) is 12.5 Å². The zero-order valence-electron chi connectivity index (χ0n) is 15.1. The van der Waals surface area contributed by atoms with E-state index >= 15 is 0 Å². The van der Waals surface area contributed by atoms with Crippen molar-refractivity contribution >= 4 is 35.1 Å². The molecular weight excluding hydrogens is 364 g/mol. The molecule has 142 valence electrons. The van der Waals surface area contributed by atoms with E-state index in [1.165, 1.54) is 11.8 Å². The van der Waals surface area contributed by atoms with Crippen LogP contribution < -0.4 is 15.4 Å². The van der Waals surface area contributed by atoms with Crippen LogP contribution in [-0.4, -0.2) is 24.4 Å². The molecule has 0 aliphatic carbocycles. The number of carbonyl (C=O) groups excluding carboxylic acids is 2. The minimum atomic E-state index is -0.418. The fourth-order valence-corrected chi connectivity index (χ4v) is 3.53. The van der Waals surface area contributed by atoms with Gasteiger partial charge in [-0.25, -0.2) is 4.79 Å². The van der Waals surface area contributed by atoms with Crippen molar-refractivity contribution < 1.29 is 19.1 Å². The highest BCUT2D eigenvalue weighted by atomic mass is 32.2. The van der Waals surface area contributed by atoms with Crippen LogP contribution in [0.2, 0.25) is 0 Å². The van der Waals surface area contributed by atoms with Crippen LogP contribution in [0.25, 0.3) is 0 Å². The number of rotatable bonds is 8. The molecule has 0 radical (unpaired) electrons. The summed E-state index contributed by atoms with van der Waals surface area (Å²) in [5, 5.41) is 5.42. The Hall–Kier alpha value is -2.67. The summed E-state index contributed by atoms with van der Waals surface area (Å²) in [5.74, 6) is 1.73. The zero-order chi connectivity index (χ0) is 19.1. The SMILES string of the molecule is CC(=O)Nc1ccc(SCCCCOc2ccc3c(c2)COC(=O)N3)cc1. The number of unbranched alkanes of at least 4 members (excludes halogenated alkanes) is 1. The number of nitrogens with one attached hydrogen (secondary N) is 2. The van der Waals surface area contributed by atoms with Gasteiger partial charge in [0.15, 0.2) is 0 Å². The van der Waals surface area contributed by atoms with Crippen molar-refractivity contribution in [2.75, 3.05) is 23.0 Å². The minimum absolute atomic E-state index is 0.0633. The van der Waals surface area contributed by atoms with Gasteiger partial charge < -0.3 is 14.8 Å². The van der Waals surface area contributed by atoms with Crippen molar-refractivity contribution in [1.29, 1.82) is 0 Å². The Labute approximate surface area is 162 Å². The predicted octanol–water partition coefficient (Wildman–Crippen LogP) is 4.66. The average Bonchev–Trinajstić information content (AvgIpc) is 2.65. The largest absolute Gasteiger partial charge is 0.494 e. The molecule has 1 aliphatic heterocycles. The predicted molar refractivity (Wildman–Crippen MR) is 106 cm³/mol. The summed E-state index contributed by atoms with van der Waals surface area (Å²) in [6.07, 6.45) is 1.59. The zero-order valence-corrected chi connectivity index (χ0v) is 15.9. The molecule has 0 spiro atoms. The second kappa shape index (κ2) is 9.32. The highest BCUT2D eigenvalue weighted by Gasteiger charge is 2.15. The molecule has 6 nitrogen and oxygen atoms in total. The van der Waals surface area contributed by atoms with Gasteiger partial charge >= 0.3 is 6.09 Å². The molecule has 27 heavy (non-hydrogen) atoms. The van der Waals surface area contributed by atoms with Crippen molar-refractivity contribution in [3.8, 4) is 5.75 Å². The first kappa shape index (κ1) is 19.1. The smallest absolute Gasteiger partial charge is 0.411 e. The molecule has 0 atom stereocenters. The second-order valence-corrected chi connectivity index (χ2v) is 7.30. The maximum Gasteiger partial charge on any atom is 0.411 e. The number of thioether (sulfide) groups is 1. The van der Waals surface area contributed by atoms with Gasteiger partial charge in [0.25, 0.3) is 0 Å². The Morgan fingerprint density at radius 3 is 2.81 bits per heavy atom. The topological polar surface area (TPSA) is 76.7 Å². The average molecular weight is 386 g/mol. The molecule has 0 unspecified atom stereocenters. The summed E-state index contributed by atoms with van der Waals surface area (Å²) in [4.78, 5) is 23.3. The third-order valence-corrected chi connectivity index (χ3v) is 5.02. The van der Waals surface area contributed by atoms with Crippen LogP contribution in [0.3, 0.4) is 0 Å². The number of ether oxygens (including phenoxy) is 2. The number of fused-ring (bicyclic) bond motifs is 1. The lowest BCUT2D eigenvalue weighted by molar-refractivity contribution is -0.114. The lowest BCUT2D eigenvalue weighted by atomic mass is 10.1. The summed E-state index contributed by atoms with van der Waals surface area (Å²) in [5.41, 5.74) is 2.51. The normalized spacial score (nSPS) is 12.6. The van der Waals surface area contributed by atoms with Crippen molar-refractivity contribution in [3.05, 3.63) is 48.0 Å². The van der Waals surface area contributed by atoms with Gasteiger partial charge in [-0.15, -0.1) is 11.8 Å². The van der Waals surface area contributed by atoms with Crippen LogP contribution in [0, 0.1) is 0 Å². The molecule has 1 aliphatic rings. The standard InChI is InChI=1S/C20H22N2O4S/c1-14(23)21-16-4-7-18(8-5-16)27-11-3-2-10-25-17-6-9-19-15(12-17)13-26-20(24)22-19/h4-9,12H,2-3,10-11,13H2,1H3,(H,21,23)(H,22,24). The summed E-state index contributed by atoms with van der Waals surface area (Å²) in [7, 11) is 0. The first-order valence-electron chi connectivity index (χ1n) is 8.80. The first-order chi connectivity index (χ1) is 13.1. The van der Waals surface area contributed by atoms with Crippen LogP contribution in [0.1, 0.15) is 25.3 Å². The highest BCUT2D eigenvalue weighted by Crippen LogP contribution is 2.26. The Bertz CT molecular complexity index is 808. The van der Waals surface area contributed by atoms with Crippen molar-refractivity contribution in [1.82, 2.24) is 0 Å². The van der Waals surface area contributed by atoms with Gasteiger partial charge in [0.1, 0.15) is 12.4 Å². The van der Waals surface area contributed by atoms with Crippen LogP contribution in [0.15, 0.2) is 47.4 Å². The molecule has 3 rings (SSSR count). The van der Waals surface area contributed by atoms with E-state index in [1.807, 2.05) is 42.5 Å². The Morgan fingerprint density at radius 2 is 2.04 bits per heavy atom. The summed E-state index contributed by atoms with van der Waals surface area (Å²) >= 11 is 1.79. The second-order valence-electron chi connectivity index (χ2n) is 6.13. The number of cyclic esters (lactones) is 1. The van der Waals surface area contributed by atoms with Crippen molar-refractivity contribution in [3.63, 3.8) is 0 Å². The number of hydrogen-bond acceptors (Lipinski definition) is 5. The summed E-state index contributed by atoms with van der Waals surface area (Å²) in [6.45, 7) is 2.42. The summed E-state index contributed by atoms with van der Waals surface area (Å²) in [6, 6.07) is 13.5. The lowest BCUT2D eigenvalue weighted by Crippen LogP contribution is -2.20. The van der Waals surface area contributed by atoms with Crippen LogP contribution in [-0.2, 0) is 16.1 Å². The lowest BCUT2D eigenvalue weighted by Gasteiger charge is -2.18. The van der Waals surface area contributed by atoms with Gasteiger partial charge in [-0.1, -0.05) is 0 Å². The molecule has 0 fully saturated rings. The number of hydrogen-bond donors (Lipinski definition) is 2. The Balaban J connectivity index is 1.34. The van der Waals surface area contributed by atoms with Gasteiger partial charge in [-0.2, -0.15) is 0 Å². The van der Waals surface area contributed by atoms with E-state index in [1.54, 1.807) is 11.8 Å². The molecular formula is C20H22N2O4S. The van der Waals surface area contributed by atoms with E-state index < -0.39 is 6.09 Å². The highest BCUT2D eigenvalue weighted by molar-refractivity contribution is 7.99. The number of anilines is 2. The van der Waals surface area contributed by atoms with Gasteiger partial charge in [0.05, 0.1) is 12.3 Å². The summed E-state index contributed by atoms with van der Waals surface area (Å²) < 4.78 is 10.7. The number of carbonyl (C=O) groups is 2. The molecule has 1 heterocycles. The number of amides is 2. The molecule has 2 aromatic rings. The quantitative estimate of drug-likeness (QED) is 0.510. The Morgan fingerprint density at radius 1 is 1.22 bits per heavy atom. The molecule has 0 aromatic heterocycles.